The third-order valence-corrected chi connectivity index (χ3v) is 6.79. The number of Topliss-reactive ketones (excluding diaryl/α,β-unsaturated/α-hetero) is 1. The zero-order valence-corrected chi connectivity index (χ0v) is 16.6. The molecular weight excluding hydrogens is 349 g/mol. The molecule has 0 saturated carbocycles. The second kappa shape index (κ2) is 8.57. The molecule has 2 aromatic carbocycles. The molecule has 2 nitrogen and oxygen atoms in total. The van der Waals surface area contributed by atoms with Crippen LogP contribution in [0.4, 0.5) is 4.39 Å². The van der Waals surface area contributed by atoms with Crippen molar-refractivity contribution in [3.8, 4) is 0 Å². The Balaban J connectivity index is 1.27. The summed E-state index contributed by atoms with van der Waals surface area (Å²) in [4.78, 5) is 14.8. The van der Waals surface area contributed by atoms with E-state index in [2.05, 4.69) is 29.2 Å². The van der Waals surface area contributed by atoms with Crippen molar-refractivity contribution in [2.45, 2.75) is 51.4 Å². The highest BCUT2D eigenvalue weighted by molar-refractivity contribution is 5.95. The van der Waals surface area contributed by atoms with Crippen molar-refractivity contribution in [3.63, 3.8) is 0 Å². The average Bonchev–Trinajstić information content (AvgIpc) is 2.91. The molecule has 2 aromatic rings. The van der Waals surface area contributed by atoms with Gasteiger partial charge in [0, 0.05) is 12.0 Å². The van der Waals surface area contributed by atoms with Gasteiger partial charge < -0.3 is 4.90 Å². The highest BCUT2D eigenvalue weighted by atomic mass is 19.1. The summed E-state index contributed by atoms with van der Waals surface area (Å²) in [6.07, 6.45) is 9.06. The van der Waals surface area contributed by atoms with Crippen molar-refractivity contribution in [3.05, 3.63) is 71.0 Å². The number of benzene rings is 2. The molecular formula is C25H30FNO. The van der Waals surface area contributed by atoms with Crippen LogP contribution in [0.5, 0.6) is 0 Å². The molecule has 2 aliphatic rings. The molecule has 148 valence electrons. The molecule has 0 N–H and O–H groups in total. The lowest BCUT2D eigenvalue weighted by Gasteiger charge is -2.38. The number of halogens is 1. The molecule has 4 rings (SSSR count). The standard InChI is InChI=1S/C25H30FNO/c26-23-10-8-21(9-11-23)24(28)7-3-16-27-17-4-13-25(15-18-27)14-12-20-5-1-2-6-22(20)19-25/h1-2,5-6,8-11H,3-4,7,12-19H2. The Morgan fingerprint density at radius 1 is 0.964 bits per heavy atom. The fourth-order valence-electron chi connectivity index (χ4n) is 5.07. The Hall–Kier alpha value is -2.00. The van der Waals surface area contributed by atoms with E-state index in [4.69, 9.17) is 0 Å². The zero-order chi connectivity index (χ0) is 19.4. The smallest absolute Gasteiger partial charge is 0.162 e. The lowest BCUT2D eigenvalue weighted by atomic mass is 9.67. The summed E-state index contributed by atoms with van der Waals surface area (Å²) in [6.45, 7) is 3.28. The van der Waals surface area contributed by atoms with E-state index in [0.29, 0.717) is 17.4 Å². The predicted octanol–water partition coefficient (Wildman–Crippen LogP) is 5.45. The molecule has 28 heavy (non-hydrogen) atoms. The van der Waals surface area contributed by atoms with Crippen molar-refractivity contribution in [2.75, 3.05) is 19.6 Å². The third-order valence-electron chi connectivity index (χ3n) is 6.79. The molecule has 1 aliphatic carbocycles. The SMILES string of the molecule is O=C(CCCN1CCCC2(CCc3ccccc3C2)CC1)c1ccc(F)cc1. The van der Waals surface area contributed by atoms with Gasteiger partial charge in [0.15, 0.2) is 5.78 Å². The molecule has 1 fully saturated rings. The maximum Gasteiger partial charge on any atom is 0.162 e. The third kappa shape index (κ3) is 4.52. The van der Waals surface area contributed by atoms with E-state index in [-0.39, 0.29) is 11.6 Å². The minimum atomic E-state index is -0.291. The fourth-order valence-corrected chi connectivity index (χ4v) is 5.07. The molecule has 0 bridgehead atoms. The monoisotopic (exact) mass is 379 g/mol. The average molecular weight is 380 g/mol. The fraction of sp³-hybridized carbons (Fsp3) is 0.480. The Bertz CT molecular complexity index is 816. The number of hydrogen-bond donors (Lipinski definition) is 0. The van der Waals surface area contributed by atoms with Gasteiger partial charge in [0.1, 0.15) is 5.82 Å². The normalized spacial score (nSPS) is 22.6. The number of carbonyl (C=O) groups excluding carboxylic acids is 1. The van der Waals surface area contributed by atoms with Gasteiger partial charge in [-0.2, -0.15) is 0 Å². The quantitative estimate of drug-likeness (QED) is 0.644. The lowest BCUT2D eigenvalue weighted by Crippen LogP contribution is -2.31. The van der Waals surface area contributed by atoms with Crippen molar-refractivity contribution >= 4 is 5.78 Å². The van der Waals surface area contributed by atoms with E-state index < -0.39 is 0 Å². The highest BCUT2D eigenvalue weighted by Crippen LogP contribution is 2.43. The summed E-state index contributed by atoms with van der Waals surface area (Å²) in [6, 6.07) is 14.9. The van der Waals surface area contributed by atoms with E-state index in [1.807, 2.05) is 0 Å². The van der Waals surface area contributed by atoms with Crippen LogP contribution in [-0.2, 0) is 12.8 Å². The number of fused-ring (bicyclic) bond motifs is 1. The first-order valence-electron chi connectivity index (χ1n) is 10.7. The summed E-state index contributed by atoms with van der Waals surface area (Å²) in [5.41, 5.74) is 4.21. The molecule has 0 aromatic heterocycles. The Kier molecular flexibility index (Phi) is 5.91. The van der Waals surface area contributed by atoms with Crippen LogP contribution in [0.2, 0.25) is 0 Å². The van der Waals surface area contributed by atoms with E-state index in [1.54, 1.807) is 23.3 Å². The van der Waals surface area contributed by atoms with Gasteiger partial charge in [0.25, 0.3) is 0 Å². The molecule has 1 atom stereocenters. The number of aryl methyl sites for hydroxylation is 1. The minimum absolute atomic E-state index is 0.121. The van der Waals surface area contributed by atoms with E-state index >= 15 is 0 Å². The maximum atomic E-state index is 13.0. The first kappa shape index (κ1) is 19.3. The molecule has 1 heterocycles. The van der Waals surface area contributed by atoms with Gasteiger partial charge in [-0.15, -0.1) is 0 Å². The lowest BCUT2D eigenvalue weighted by molar-refractivity contribution is 0.0974. The summed E-state index contributed by atoms with van der Waals surface area (Å²) >= 11 is 0. The number of carbonyl (C=O) groups is 1. The van der Waals surface area contributed by atoms with Gasteiger partial charge in [-0.1, -0.05) is 24.3 Å². The largest absolute Gasteiger partial charge is 0.303 e. The van der Waals surface area contributed by atoms with Crippen LogP contribution in [0, 0.1) is 11.2 Å². The number of likely N-dealkylation sites (tertiary alicyclic amines) is 1. The van der Waals surface area contributed by atoms with Gasteiger partial charge in [0.2, 0.25) is 0 Å². The number of rotatable bonds is 5. The van der Waals surface area contributed by atoms with Gasteiger partial charge in [-0.3, -0.25) is 4.79 Å². The molecule has 0 amide bonds. The second-order valence-electron chi connectivity index (χ2n) is 8.67. The van der Waals surface area contributed by atoms with Crippen LogP contribution in [0.3, 0.4) is 0 Å². The molecule has 1 unspecified atom stereocenters. The first-order chi connectivity index (χ1) is 13.6. The van der Waals surface area contributed by atoms with Crippen LogP contribution in [0.1, 0.15) is 60.0 Å². The zero-order valence-electron chi connectivity index (χ0n) is 16.6. The number of ketones is 1. The number of nitrogens with zero attached hydrogens (tertiary/aromatic N) is 1. The minimum Gasteiger partial charge on any atom is -0.303 e. The topological polar surface area (TPSA) is 20.3 Å². The first-order valence-corrected chi connectivity index (χ1v) is 10.7. The molecule has 1 spiro atoms. The summed E-state index contributed by atoms with van der Waals surface area (Å²) < 4.78 is 13.0. The van der Waals surface area contributed by atoms with E-state index in [9.17, 15) is 9.18 Å². The highest BCUT2D eigenvalue weighted by Gasteiger charge is 2.35. The van der Waals surface area contributed by atoms with Crippen molar-refractivity contribution in [2.24, 2.45) is 5.41 Å². The van der Waals surface area contributed by atoms with E-state index in [0.717, 1.165) is 26.1 Å². The Morgan fingerprint density at radius 3 is 2.57 bits per heavy atom. The number of hydrogen-bond acceptors (Lipinski definition) is 2. The van der Waals surface area contributed by atoms with Gasteiger partial charge in [0.05, 0.1) is 0 Å². The van der Waals surface area contributed by atoms with Gasteiger partial charge in [-0.25, -0.2) is 4.39 Å². The molecule has 0 radical (unpaired) electrons. The predicted molar refractivity (Wildman–Crippen MR) is 111 cm³/mol. The van der Waals surface area contributed by atoms with Crippen LogP contribution < -0.4 is 0 Å². The molecule has 3 heteroatoms. The van der Waals surface area contributed by atoms with Gasteiger partial charge in [-0.05, 0) is 105 Å². The summed E-state index contributed by atoms with van der Waals surface area (Å²) in [5.74, 6) is -0.171. The van der Waals surface area contributed by atoms with Crippen molar-refractivity contribution < 1.29 is 9.18 Å². The van der Waals surface area contributed by atoms with Crippen molar-refractivity contribution in [1.82, 2.24) is 4.90 Å². The molecule has 1 saturated heterocycles. The molecule has 1 aliphatic heterocycles. The van der Waals surface area contributed by atoms with Crippen LogP contribution in [0.25, 0.3) is 0 Å². The van der Waals surface area contributed by atoms with Crippen LogP contribution >= 0.6 is 0 Å². The summed E-state index contributed by atoms with van der Waals surface area (Å²) in [5, 5.41) is 0. The Labute approximate surface area is 167 Å². The maximum absolute atomic E-state index is 13.0. The van der Waals surface area contributed by atoms with Gasteiger partial charge >= 0.3 is 0 Å². The van der Waals surface area contributed by atoms with Crippen LogP contribution in [-0.4, -0.2) is 30.3 Å². The summed E-state index contributed by atoms with van der Waals surface area (Å²) in [7, 11) is 0. The van der Waals surface area contributed by atoms with E-state index in [1.165, 1.54) is 50.7 Å². The van der Waals surface area contributed by atoms with Crippen LogP contribution in [0.15, 0.2) is 48.5 Å². The second-order valence-corrected chi connectivity index (χ2v) is 8.67. The Morgan fingerprint density at radius 2 is 1.75 bits per heavy atom. The van der Waals surface area contributed by atoms with Crippen molar-refractivity contribution in [1.29, 1.82) is 0 Å².